The highest BCUT2D eigenvalue weighted by atomic mass is 19.1. The average molecular weight is 349 g/mol. The number of esters is 1. The first-order chi connectivity index (χ1) is 11.9. The van der Waals surface area contributed by atoms with Crippen LogP contribution in [0, 0.1) is 17.7 Å². The first-order valence-corrected chi connectivity index (χ1v) is 8.47. The molecule has 2 amide bonds. The summed E-state index contributed by atoms with van der Waals surface area (Å²) in [5, 5.41) is 1.77. The minimum atomic E-state index is -1.14. The molecule has 4 atom stereocenters. The third kappa shape index (κ3) is 2.45. The van der Waals surface area contributed by atoms with E-state index >= 15 is 0 Å². The summed E-state index contributed by atoms with van der Waals surface area (Å²) in [6.07, 6.45) is 0.359. The van der Waals surface area contributed by atoms with Crippen LogP contribution in [0.1, 0.15) is 31.9 Å². The van der Waals surface area contributed by atoms with Gasteiger partial charge in [-0.05, 0) is 19.1 Å². The number of hydrogen-bond acceptors (Lipinski definition) is 4. The number of nitrogens with two attached hydrogens (primary N) is 1. The van der Waals surface area contributed by atoms with Crippen LogP contribution >= 0.6 is 0 Å². The molecule has 1 aromatic rings. The van der Waals surface area contributed by atoms with Gasteiger partial charge in [0.25, 0.3) is 0 Å². The number of benzene rings is 1. The predicted octanol–water partition coefficient (Wildman–Crippen LogP) is 0.387. The van der Waals surface area contributed by atoms with Gasteiger partial charge in [-0.2, -0.15) is 0 Å². The van der Waals surface area contributed by atoms with Gasteiger partial charge in [0.05, 0.1) is 6.61 Å². The second-order valence-corrected chi connectivity index (χ2v) is 6.60. The molecule has 0 unspecified atom stereocenters. The topological polar surface area (TPSA) is 80.3 Å². The second-order valence-electron chi connectivity index (χ2n) is 6.60. The molecule has 1 aromatic carbocycles. The molecule has 2 heterocycles. The fraction of sp³-hybridized carbons (Fsp3) is 0.500. The van der Waals surface area contributed by atoms with E-state index in [4.69, 9.17) is 4.74 Å². The van der Waals surface area contributed by atoms with Gasteiger partial charge in [-0.1, -0.05) is 19.1 Å². The summed E-state index contributed by atoms with van der Waals surface area (Å²) in [7, 11) is 1.44. The lowest BCUT2D eigenvalue weighted by Gasteiger charge is -2.27. The Labute approximate surface area is 145 Å². The Balaban J connectivity index is 2.10. The van der Waals surface area contributed by atoms with E-state index in [0.29, 0.717) is 12.0 Å². The van der Waals surface area contributed by atoms with Crippen molar-refractivity contribution in [2.24, 2.45) is 11.8 Å². The summed E-state index contributed by atoms with van der Waals surface area (Å²) in [6.45, 7) is 3.72. The molecule has 0 aromatic heterocycles. The van der Waals surface area contributed by atoms with Crippen molar-refractivity contribution in [1.82, 2.24) is 4.90 Å². The third-order valence-corrected chi connectivity index (χ3v) is 5.49. The van der Waals surface area contributed by atoms with E-state index in [1.807, 2.05) is 6.92 Å². The van der Waals surface area contributed by atoms with E-state index in [-0.39, 0.29) is 24.2 Å². The van der Waals surface area contributed by atoms with Crippen LogP contribution in [0.25, 0.3) is 0 Å². The quantitative estimate of drug-likeness (QED) is 0.630. The number of amides is 2. The number of nitrogens with zero attached hydrogens (tertiary/aromatic N) is 1. The molecular weight excluding hydrogens is 327 g/mol. The standard InChI is InChI=1S/C18H21FN2O4/c1-4-18(17(24)25-5-2)13-12(15(22)21(3)16(13)23)14(20-18)10-6-8-11(19)9-7-10/h6-9,12-14,20H,4-5H2,1-3H3/p+1/t12-,13-,14-,18+/m0/s1. The molecule has 0 radical (unpaired) electrons. The number of rotatable bonds is 4. The van der Waals surface area contributed by atoms with E-state index in [0.717, 1.165) is 4.90 Å². The van der Waals surface area contributed by atoms with E-state index in [1.165, 1.54) is 19.2 Å². The van der Waals surface area contributed by atoms with Gasteiger partial charge in [-0.3, -0.25) is 14.5 Å². The van der Waals surface area contributed by atoms with Crippen molar-refractivity contribution in [3.05, 3.63) is 35.6 Å². The Morgan fingerprint density at radius 2 is 1.88 bits per heavy atom. The van der Waals surface area contributed by atoms with Gasteiger partial charge in [-0.25, -0.2) is 9.18 Å². The minimum Gasteiger partial charge on any atom is -0.461 e. The number of carbonyl (C=O) groups excluding carboxylic acids is 3. The molecule has 7 heteroatoms. The van der Waals surface area contributed by atoms with Gasteiger partial charge in [0.2, 0.25) is 17.4 Å². The van der Waals surface area contributed by atoms with Crippen molar-refractivity contribution < 1.29 is 28.8 Å². The number of carbonyl (C=O) groups is 3. The molecular formula is C18H22FN2O4+. The molecule has 0 bridgehead atoms. The normalized spacial score (nSPS) is 31.4. The molecule has 6 nitrogen and oxygen atoms in total. The highest BCUT2D eigenvalue weighted by molar-refractivity contribution is 6.08. The summed E-state index contributed by atoms with van der Waals surface area (Å²) < 4.78 is 18.5. The molecule has 3 rings (SSSR count). The maximum absolute atomic E-state index is 13.3. The predicted molar refractivity (Wildman–Crippen MR) is 85.5 cm³/mol. The van der Waals surface area contributed by atoms with Crippen molar-refractivity contribution in [1.29, 1.82) is 0 Å². The van der Waals surface area contributed by atoms with Gasteiger partial charge in [0.15, 0.2) is 0 Å². The Morgan fingerprint density at radius 1 is 1.24 bits per heavy atom. The van der Waals surface area contributed by atoms with E-state index in [1.54, 1.807) is 24.4 Å². The van der Waals surface area contributed by atoms with Crippen LogP contribution < -0.4 is 5.32 Å². The highest BCUT2D eigenvalue weighted by Crippen LogP contribution is 2.45. The molecule has 0 aliphatic carbocycles. The SMILES string of the molecule is CCOC(=O)[C@]1(CC)[NH2+][C@@H](c2ccc(F)cc2)[C@H]2C(=O)N(C)C(=O)[C@H]21. The zero-order valence-corrected chi connectivity index (χ0v) is 14.5. The molecule has 0 saturated carbocycles. The highest BCUT2D eigenvalue weighted by Gasteiger charge is 2.71. The van der Waals surface area contributed by atoms with Gasteiger partial charge >= 0.3 is 5.97 Å². The molecule has 2 saturated heterocycles. The first-order valence-electron chi connectivity index (χ1n) is 8.47. The molecule has 134 valence electrons. The average Bonchev–Trinajstić information content (AvgIpc) is 3.06. The Bertz CT molecular complexity index is 720. The van der Waals surface area contributed by atoms with Crippen LogP contribution in [0.3, 0.4) is 0 Å². The summed E-state index contributed by atoms with van der Waals surface area (Å²) in [6, 6.07) is 5.40. The fourth-order valence-corrected chi connectivity index (χ4v) is 4.20. The van der Waals surface area contributed by atoms with Crippen LogP contribution in [-0.2, 0) is 19.1 Å². The smallest absolute Gasteiger partial charge is 0.368 e. The molecule has 0 spiro atoms. The number of imide groups is 1. The third-order valence-electron chi connectivity index (χ3n) is 5.49. The monoisotopic (exact) mass is 349 g/mol. The van der Waals surface area contributed by atoms with Crippen molar-refractivity contribution in [3.63, 3.8) is 0 Å². The Kier molecular flexibility index (Phi) is 4.36. The van der Waals surface area contributed by atoms with E-state index in [2.05, 4.69) is 0 Å². The lowest BCUT2D eigenvalue weighted by molar-refractivity contribution is -0.734. The number of hydrogen-bond donors (Lipinski definition) is 1. The number of quaternary nitrogens is 1. The summed E-state index contributed by atoms with van der Waals surface area (Å²) in [5.74, 6) is -2.95. The lowest BCUT2D eigenvalue weighted by Crippen LogP contribution is -2.98. The summed E-state index contributed by atoms with van der Waals surface area (Å²) in [5.41, 5.74) is -0.426. The molecule has 2 N–H and O–H groups in total. The van der Waals surface area contributed by atoms with Crippen molar-refractivity contribution in [3.8, 4) is 0 Å². The zero-order valence-electron chi connectivity index (χ0n) is 14.5. The van der Waals surface area contributed by atoms with Crippen LogP contribution in [-0.4, -0.2) is 41.9 Å². The van der Waals surface area contributed by atoms with E-state index in [9.17, 15) is 18.8 Å². The van der Waals surface area contributed by atoms with Crippen molar-refractivity contribution in [2.75, 3.05) is 13.7 Å². The summed E-state index contributed by atoms with van der Waals surface area (Å²) >= 11 is 0. The van der Waals surface area contributed by atoms with Gasteiger partial charge in [0.1, 0.15) is 23.7 Å². The largest absolute Gasteiger partial charge is 0.461 e. The Morgan fingerprint density at radius 3 is 2.44 bits per heavy atom. The van der Waals surface area contributed by atoms with Crippen LogP contribution in [0.4, 0.5) is 4.39 Å². The number of halogens is 1. The van der Waals surface area contributed by atoms with Crippen LogP contribution in [0.2, 0.25) is 0 Å². The lowest BCUT2D eigenvalue weighted by atomic mass is 9.78. The fourth-order valence-electron chi connectivity index (χ4n) is 4.20. The second kappa shape index (κ2) is 6.22. The van der Waals surface area contributed by atoms with Crippen molar-refractivity contribution >= 4 is 17.8 Å². The molecule has 25 heavy (non-hydrogen) atoms. The first kappa shape index (κ1) is 17.5. The number of fused-ring (bicyclic) bond motifs is 1. The number of likely N-dealkylation sites (tertiary alicyclic amines) is 1. The van der Waals surface area contributed by atoms with E-state index < -0.39 is 29.4 Å². The maximum atomic E-state index is 13.3. The summed E-state index contributed by atoms with van der Waals surface area (Å²) in [4.78, 5) is 39.3. The molecule has 2 fully saturated rings. The number of ether oxygens (including phenoxy) is 1. The van der Waals surface area contributed by atoms with Crippen LogP contribution in [0.15, 0.2) is 24.3 Å². The maximum Gasteiger partial charge on any atom is 0.368 e. The van der Waals surface area contributed by atoms with Gasteiger partial charge in [-0.15, -0.1) is 0 Å². The zero-order chi connectivity index (χ0) is 18.4. The molecule has 2 aliphatic heterocycles. The van der Waals surface area contributed by atoms with Crippen molar-refractivity contribution in [2.45, 2.75) is 31.8 Å². The Hall–Kier alpha value is -2.28. The van der Waals surface area contributed by atoms with Gasteiger partial charge in [0, 0.05) is 19.0 Å². The molecule has 2 aliphatic rings. The minimum absolute atomic E-state index is 0.199. The van der Waals surface area contributed by atoms with Gasteiger partial charge < -0.3 is 10.1 Å². The van der Waals surface area contributed by atoms with Crippen LogP contribution in [0.5, 0.6) is 0 Å².